The molecular weight excluding hydrogens is 366 g/mol. The van der Waals surface area contributed by atoms with E-state index in [1.165, 1.54) is 0 Å². The number of para-hydroxylation sites is 1. The van der Waals surface area contributed by atoms with Crippen molar-refractivity contribution in [3.05, 3.63) is 54.8 Å². The normalized spacial score (nSPS) is 16.2. The first kappa shape index (κ1) is 19.1. The number of hydrogen-bond acceptors (Lipinski definition) is 5. The van der Waals surface area contributed by atoms with Crippen LogP contribution in [-0.2, 0) is 4.79 Å². The second kappa shape index (κ2) is 8.39. The van der Waals surface area contributed by atoms with Crippen LogP contribution in [0.3, 0.4) is 0 Å². The first-order valence-corrected chi connectivity index (χ1v) is 10.1. The predicted molar refractivity (Wildman–Crippen MR) is 113 cm³/mol. The molecule has 1 aliphatic heterocycles. The Bertz CT molecular complexity index is 985. The maximum absolute atomic E-state index is 12.7. The Hall–Kier alpha value is -3.28. The summed E-state index contributed by atoms with van der Waals surface area (Å²) in [5, 5.41) is 13.3. The highest BCUT2D eigenvalue weighted by molar-refractivity contribution is 5.86. The molecule has 1 atom stereocenters. The van der Waals surface area contributed by atoms with E-state index >= 15 is 0 Å². The molecule has 1 fully saturated rings. The number of anilines is 1. The van der Waals surface area contributed by atoms with Gasteiger partial charge in [0.1, 0.15) is 23.4 Å². The Labute approximate surface area is 170 Å². The average Bonchev–Trinajstić information content (AvgIpc) is 3.44. The zero-order valence-electron chi connectivity index (χ0n) is 16.5. The summed E-state index contributed by atoms with van der Waals surface area (Å²) in [6.45, 7) is 3.48. The molecule has 0 spiro atoms. The molecule has 1 aromatic carbocycles. The summed E-state index contributed by atoms with van der Waals surface area (Å²) in [7, 11) is 0. The molecule has 0 unspecified atom stereocenters. The van der Waals surface area contributed by atoms with Crippen molar-refractivity contribution in [3.63, 3.8) is 0 Å². The van der Waals surface area contributed by atoms with Crippen molar-refractivity contribution in [1.82, 2.24) is 10.3 Å². The van der Waals surface area contributed by atoms with Crippen LogP contribution >= 0.6 is 0 Å². The topological polar surface area (TPSA) is 78.6 Å². The maximum Gasteiger partial charge on any atom is 0.242 e. The van der Waals surface area contributed by atoms with Crippen LogP contribution in [0.15, 0.2) is 59.2 Å². The van der Waals surface area contributed by atoms with E-state index in [4.69, 9.17) is 9.40 Å². The van der Waals surface area contributed by atoms with Gasteiger partial charge in [0.2, 0.25) is 5.91 Å². The SMILES string of the molecule is CCCNC(=O)[C@@H]1CCCN1c1cc(-c2ccco2)cc(-c2ccccc2O)n1. The number of nitrogens with one attached hydrogen (secondary N) is 1. The van der Waals surface area contributed by atoms with Crippen molar-refractivity contribution in [3.8, 4) is 28.3 Å². The number of phenolic OH excluding ortho intramolecular Hbond substituents is 1. The third-order valence-electron chi connectivity index (χ3n) is 5.20. The van der Waals surface area contributed by atoms with Crippen LogP contribution in [0.25, 0.3) is 22.6 Å². The van der Waals surface area contributed by atoms with Gasteiger partial charge in [0.05, 0.1) is 12.0 Å². The molecule has 0 saturated carbocycles. The molecule has 0 bridgehead atoms. The minimum absolute atomic E-state index is 0.0404. The number of carbonyl (C=O) groups is 1. The smallest absolute Gasteiger partial charge is 0.242 e. The Balaban J connectivity index is 1.76. The number of carbonyl (C=O) groups excluding carboxylic acids is 1. The lowest BCUT2D eigenvalue weighted by atomic mass is 10.1. The van der Waals surface area contributed by atoms with E-state index in [1.54, 1.807) is 18.4 Å². The summed E-state index contributed by atoms with van der Waals surface area (Å²) in [5.74, 6) is 1.64. The van der Waals surface area contributed by atoms with Gasteiger partial charge in [0.15, 0.2) is 0 Å². The number of aromatic hydroxyl groups is 1. The molecule has 6 heteroatoms. The van der Waals surface area contributed by atoms with E-state index < -0.39 is 0 Å². The fourth-order valence-electron chi connectivity index (χ4n) is 3.76. The van der Waals surface area contributed by atoms with E-state index in [0.29, 0.717) is 23.6 Å². The van der Waals surface area contributed by atoms with Gasteiger partial charge in [-0.1, -0.05) is 19.1 Å². The van der Waals surface area contributed by atoms with E-state index in [9.17, 15) is 9.90 Å². The van der Waals surface area contributed by atoms with E-state index in [1.807, 2.05) is 43.3 Å². The Kier molecular flexibility index (Phi) is 5.51. The van der Waals surface area contributed by atoms with Gasteiger partial charge in [-0.15, -0.1) is 0 Å². The number of aromatic nitrogens is 1. The van der Waals surface area contributed by atoms with Crippen molar-refractivity contribution in [2.24, 2.45) is 0 Å². The molecule has 3 heterocycles. The molecule has 0 aliphatic carbocycles. The van der Waals surface area contributed by atoms with E-state index in [0.717, 1.165) is 37.1 Å². The number of pyridine rings is 1. The molecule has 3 aromatic rings. The zero-order chi connectivity index (χ0) is 20.2. The molecule has 2 aromatic heterocycles. The van der Waals surface area contributed by atoms with Crippen molar-refractivity contribution < 1.29 is 14.3 Å². The molecule has 4 rings (SSSR count). The third-order valence-corrected chi connectivity index (χ3v) is 5.20. The number of amides is 1. The minimum Gasteiger partial charge on any atom is -0.507 e. The number of furan rings is 1. The van der Waals surface area contributed by atoms with Gasteiger partial charge in [0.25, 0.3) is 0 Å². The number of nitrogens with zero attached hydrogens (tertiary/aromatic N) is 2. The molecule has 1 amide bonds. The highest BCUT2D eigenvalue weighted by atomic mass is 16.3. The summed E-state index contributed by atoms with van der Waals surface area (Å²) in [6.07, 6.45) is 4.27. The number of phenols is 1. The highest BCUT2D eigenvalue weighted by Crippen LogP contribution is 2.35. The van der Waals surface area contributed by atoms with Crippen LogP contribution in [-0.4, -0.2) is 35.1 Å². The van der Waals surface area contributed by atoms with Crippen molar-refractivity contribution in [1.29, 1.82) is 0 Å². The van der Waals surface area contributed by atoms with E-state index in [-0.39, 0.29) is 17.7 Å². The van der Waals surface area contributed by atoms with Gasteiger partial charge in [-0.25, -0.2) is 4.98 Å². The molecular formula is C23H25N3O3. The largest absolute Gasteiger partial charge is 0.507 e. The molecule has 2 N–H and O–H groups in total. The van der Waals surface area contributed by atoms with Crippen LogP contribution in [0.5, 0.6) is 5.75 Å². The predicted octanol–water partition coefficient (Wildman–Crippen LogP) is 4.21. The Morgan fingerprint density at radius 3 is 2.90 bits per heavy atom. The van der Waals surface area contributed by atoms with Gasteiger partial charge < -0.3 is 19.7 Å². The van der Waals surface area contributed by atoms with Gasteiger partial charge in [-0.3, -0.25) is 4.79 Å². The van der Waals surface area contributed by atoms with Gasteiger partial charge in [-0.2, -0.15) is 0 Å². The molecule has 1 aliphatic rings. The van der Waals surface area contributed by atoms with Gasteiger partial charge in [-0.05, 0) is 55.7 Å². The summed E-state index contributed by atoms with van der Waals surface area (Å²) < 4.78 is 5.60. The monoisotopic (exact) mass is 391 g/mol. The molecule has 150 valence electrons. The first-order chi connectivity index (χ1) is 14.2. The first-order valence-electron chi connectivity index (χ1n) is 10.1. The van der Waals surface area contributed by atoms with Gasteiger partial charge >= 0.3 is 0 Å². The third kappa shape index (κ3) is 3.97. The van der Waals surface area contributed by atoms with Crippen LogP contribution in [0.4, 0.5) is 5.82 Å². The van der Waals surface area contributed by atoms with Crippen LogP contribution in [0, 0.1) is 0 Å². The van der Waals surface area contributed by atoms with Crippen molar-refractivity contribution in [2.75, 3.05) is 18.0 Å². The van der Waals surface area contributed by atoms with Crippen LogP contribution in [0.1, 0.15) is 26.2 Å². The second-order valence-corrected chi connectivity index (χ2v) is 7.24. The summed E-state index contributed by atoms with van der Waals surface area (Å²) in [4.78, 5) is 19.5. The minimum atomic E-state index is -0.238. The fraction of sp³-hybridized carbons (Fsp3) is 0.304. The quantitative estimate of drug-likeness (QED) is 0.658. The second-order valence-electron chi connectivity index (χ2n) is 7.24. The molecule has 1 saturated heterocycles. The summed E-state index contributed by atoms with van der Waals surface area (Å²) >= 11 is 0. The number of hydrogen-bond donors (Lipinski definition) is 2. The standard InChI is InChI=1S/C23H25N3O3/c1-2-11-24-23(28)19-8-5-12-26(19)22-15-16(21-10-6-13-29-21)14-18(25-22)17-7-3-4-9-20(17)27/h3-4,6-7,9-10,13-15,19,27H,2,5,8,11-12H2,1H3,(H,24,28)/t19-/m0/s1. The Morgan fingerprint density at radius 1 is 1.28 bits per heavy atom. The van der Waals surface area contributed by atoms with Crippen molar-refractivity contribution in [2.45, 2.75) is 32.2 Å². The summed E-state index contributed by atoms with van der Waals surface area (Å²) in [6, 6.07) is 14.5. The Morgan fingerprint density at radius 2 is 2.14 bits per heavy atom. The molecule has 29 heavy (non-hydrogen) atoms. The van der Waals surface area contributed by atoms with Crippen molar-refractivity contribution >= 4 is 11.7 Å². The fourth-order valence-corrected chi connectivity index (χ4v) is 3.76. The van der Waals surface area contributed by atoms with Gasteiger partial charge in [0, 0.05) is 24.2 Å². The lowest BCUT2D eigenvalue weighted by molar-refractivity contribution is -0.122. The number of benzene rings is 1. The molecule has 6 nitrogen and oxygen atoms in total. The highest BCUT2D eigenvalue weighted by Gasteiger charge is 2.32. The average molecular weight is 391 g/mol. The number of rotatable bonds is 6. The summed E-state index contributed by atoms with van der Waals surface area (Å²) in [5.41, 5.74) is 2.15. The maximum atomic E-state index is 12.7. The van der Waals surface area contributed by atoms with E-state index in [2.05, 4.69) is 10.2 Å². The van der Waals surface area contributed by atoms with Crippen LogP contribution < -0.4 is 10.2 Å². The zero-order valence-corrected chi connectivity index (χ0v) is 16.5. The van der Waals surface area contributed by atoms with Crippen LogP contribution in [0.2, 0.25) is 0 Å². The lowest BCUT2D eigenvalue weighted by Gasteiger charge is -2.26. The molecule has 0 radical (unpaired) electrons. The lowest BCUT2D eigenvalue weighted by Crippen LogP contribution is -2.44.